The van der Waals surface area contributed by atoms with Gasteiger partial charge in [-0.25, -0.2) is 0 Å². The summed E-state index contributed by atoms with van der Waals surface area (Å²) in [6, 6.07) is 0. The smallest absolute Gasteiger partial charge is 0.309 e. The molecule has 0 aliphatic rings. The Morgan fingerprint density at radius 3 is 2.00 bits per heavy atom. The second-order valence-electron chi connectivity index (χ2n) is 8.33. The van der Waals surface area contributed by atoms with E-state index >= 15 is 0 Å². The molecule has 0 spiro atoms. The molecule has 5 heteroatoms. The third-order valence-corrected chi connectivity index (χ3v) is 5.87. The molecule has 0 saturated carbocycles. The first-order valence-electron chi connectivity index (χ1n) is 11.8. The molecule has 5 atom stereocenters. The molecule has 0 rings (SSSR count). The SMILES string of the molecule is CCCCCCC(O)C/C=C/CCCCCC(C(O)CC)C(C(=O)O)C(O)CC. The molecule has 5 unspecified atom stereocenters. The highest BCUT2D eigenvalue weighted by Crippen LogP contribution is 2.29. The Balaban J connectivity index is 4.16. The fourth-order valence-corrected chi connectivity index (χ4v) is 3.92. The third-order valence-electron chi connectivity index (χ3n) is 5.87. The quantitative estimate of drug-likeness (QED) is 0.175. The molecule has 29 heavy (non-hydrogen) atoms. The molecule has 5 nitrogen and oxygen atoms in total. The topological polar surface area (TPSA) is 98.0 Å². The second kappa shape index (κ2) is 17.9. The van der Waals surface area contributed by atoms with Gasteiger partial charge in [-0.2, -0.15) is 0 Å². The number of carboxylic acid groups (broad SMARTS) is 1. The van der Waals surface area contributed by atoms with Gasteiger partial charge >= 0.3 is 5.97 Å². The van der Waals surface area contributed by atoms with E-state index in [1.165, 1.54) is 19.3 Å². The van der Waals surface area contributed by atoms with E-state index in [0.717, 1.165) is 38.5 Å². The Kier molecular flexibility index (Phi) is 17.3. The van der Waals surface area contributed by atoms with Crippen LogP contribution in [0.25, 0.3) is 0 Å². The van der Waals surface area contributed by atoms with Crippen LogP contribution in [0.15, 0.2) is 12.2 Å². The second-order valence-corrected chi connectivity index (χ2v) is 8.33. The van der Waals surface area contributed by atoms with E-state index in [2.05, 4.69) is 19.1 Å². The van der Waals surface area contributed by atoms with Crippen molar-refractivity contribution in [2.45, 2.75) is 123 Å². The first-order valence-corrected chi connectivity index (χ1v) is 11.8. The summed E-state index contributed by atoms with van der Waals surface area (Å²) >= 11 is 0. The predicted octanol–water partition coefficient (Wildman–Crippen LogP) is 5.07. The van der Waals surface area contributed by atoms with Gasteiger partial charge in [-0.3, -0.25) is 4.79 Å². The molecule has 4 N–H and O–H groups in total. The minimum atomic E-state index is -1.02. The Hall–Kier alpha value is -0.910. The number of unbranched alkanes of at least 4 members (excludes halogenated alkanes) is 6. The molecular weight excluding hydrogens is 368 g/mol. The zero-order valence-electron chi connectivity index (χ0n) is 18.9. The Bertz CT molecular complexity index is 423. The third kappa shape index (κ3) is 13.1. The number of aliphatic carboxylic acids is 1. The normalized spacial score (nSPS) is 17.2. The fraction of sp³-hybridized carbons (Fsp3) is 0.875. The molecule has 0 aromatic rings. The molecule has 0 aromatic carbocycles. The van der Waals surface area contributed by atoms with E-state index in [0.29, 0.717) is 25.7 Å². The molecular formula is C24H46O5. The minimum absolute atomic E-state index is 0.239. The van der Waals surface area contributed by atoms with Crippen LogP contribution in [0, 0.1) is 11.8 Å². The zero-order valence-corrected chi connectivity index (χ0v) is 18.9. The highest BCUT2D eigenvalue weighted by Gasteiger charge is 2.36. The molecule has 0 saturated heterocycles. The van der Waals surface area contributed by atoms with Crippen LogP contribution in [0.2, 0.25) is 0 Å². The van der Waals surface area contributed by atoms with Crippen molar-refractivity contribution in [2.24, 2.45) is 11.8 Å². The molecule has 0 aromatic heterocycles. The number of allylic oxidation sites excluding steroid dienone is 1. The lowest BCUT2D eigenvalue weighted by atomic mass is 9.78. The number of aliphatic hydroxyl groups excluding tert-OH is 3. The van der Waals surface area contributed by atoms with Crippen LogP contribution in [0.5, 0.6) is 0 Å². The van der Waals surface area contributed by atoms with Crippen molar-refractivity contribution in [3.63, 3.8) is 0 Å². The van der Waals surface area contributed by atoms with Crippen molar-refractivity contribution in [2.75, 3.05) is 0 Å². The van der Waals surface area contributed by atoms with Crippen LogP contribution < -0.4 is 0 Å². The van der Waals surface area contributed by atoms with Gasteiger partial charge in [-0.1, -0.05) is 71.4 Å². The summed E-state index contributed by atoms with van der Waals surface area (Å²) in [6.07, 6.45) is 13.9. The Morgan fingerprint density at radius 1 is 0.793 bits per heavy atom. The first-order chi connectivity index (χ1) is 13.9. The molecule has 172 valence electrons. The van der Waals surface area contributed by atoms with E-state index in [1.807, 2.05) is 6.92 Å². The standard InChI is InChI=1S/C24H46O5/c1-4-7-8-13-16-19(25)17-14-11-9-10-12-15-18-20(21(26)5-2)23(24(28)29)22(27)6-3/h11,14,19-23,25-27H,4-10,12-13,15-18H2,1-3H3,(H,28,29)/b14-11+. The average molecular weight is 415 g/mol. The first kappa shape index (κ1) is 28.1. The van der Waals surface area contributed by atoms with Crippen LogP contribution in [-0.4, -0.2) is 44.7 Å². The maximum atomic E-state index is 11.6. The molecule has 0 radical (unpaired) electrons. The minimum Gasteiger partial charge on any atom is -0.481 e. The summed E-state index contributed by atoms with van der Waals surface area (Å²) < 4.78 is 0. The molecule has 0 fully saturated rings. The summed E-state index contributed by atoms with van der Waals surface area (Å²) in [7, 11) is 0. The van der Waals surface area contributed by atoms with Crippen molar-refractivity contribution in [3.05, 3.63) is 12.2 Å². The van der Waals surface area contributed by atoms with Crippen LogP contribution in [-0.2, 0) is 4.79 Å². The van der Waals surface area contributed by atoms with Crippen molar-refractivity contribution in [3.8, 4) is 0 Å². The van der Waals surface area contributed by atoms with Gasteiger partial charge in [0.15, 0.2) is 0 Å². The number of hydrogen-bond acceptors (Lipinski definition) is 4. The number of carboxylic acids is 1. The zero-order chi connectivity index (χ0) is 22.1. The molecule has 0 bridgehead atoms. The van der Waals surface area contributed by atoms with Crippen LogP contribution in [0.4, 0.5) is 0 Å². The van der Waals surface area contributed by atoms with E-state index < -0.39 is 30.0 Å². The monoisotopic (exact) mass is 414 g/mol. The van der Waals surface area contributed by atoms with E-state index in [-0.39, 0.29) is 6.10 Å². The van der Waals surface area contributed by atoms with Gasteiger partial charge < -0.3 is 20.4 Å². The van der Waals surface area contributed by atoms with Crippen LogP contribution >= 0.6 is 0 Å². The lowest BCUT2D eigenvalue weighted by Crippen LogP contribution is -2.40. The number of hydrogen-bond donors (Lipinski definition) is 4. The molecule has 0 heterocycles. The van der Waals surface area contributed by atoms with Crippen molar-refractivity contribution < 1.29 is 25.2 Å². The number of carbonyl (C=O) groups is 1. The molecule has 0 amide bonds. The number of aliphatic hydroxyl groups is 3. The van der Waals surface area contributed by atoms with Gasteiger partial charge in [-0.15, -0.1) is 0 Å². The van der Waals surface area contributed by atoms with E-state index in [1.54, 1.807) is 6.92 Å². The lowest BCUT2D eigenvalue weighted by molar-refractivity contribution is -0.151. The van der Waals surface area contributed by atoms with Gasteiger partial charge in [-0.05, 0) is 44.9 Å². The largest absolute Gasteiger partial charge is 0.481 e. The summed E-state index contributed by atoms with van der Waals surface area (Å²) in [5.41, 5.74) is 0. The van der Waals surface area contributed by atoms with E-state index in [4.69, 9.17) is 0 Å². The van der Waals surface area contributed by atoms with Crippen molar-refractivity contribution in [1.82, 2.24) is 0 Å². The van der Waals surface area contributed by atoms with Crippen LogP contribution in [0.1, 0.15) is 104 Å². The summed E-state index contributed by atoms with van der Waals surface area (Å²) in [5, 5.41) is 39.9. The van der Waals surface area contributed by atoms with Crippen molar-refractivity contribution >= 4 is 5.97 Å². The molecule has 0 aliphatic heterocycles. The Labute approximate surface area is 178 Å². The maximum Gasteiger partial charge on any atom is 0.309 e. The lowest BCUT2D eigenvalue weighted by Gasteiger charge is -2.30. The van der Waals surface area contributed by atoms with Gasteiger partial charge in [0.05, 0.1) is 24.2 Å². The summed E-state index contributed by atoms with van der Waals surface area (Å²) in [4.78, 5) is 11.6. The summed E-state index contributed by atoms with van der Waals surface area (Å²) in [5.74, 6) is -2.34. The predicted molar refractivity (Wildman–Crippen MR) is 119 cm³/mol. The highest BCUT2D eigenvalue weighted by molar-refractivity contribution is 5.71. The van der Waals surface area contributed by atoms with Gasteiger partial charge in [0.2, 0.25) is 0 Å². The molecule has 0 aliphatic carbocycles. The van der Waals surface area contributed by atoms with Gasteiger partial charge in [0, 0.05) is 5.92 Å². The average Bonchev–Trinajstić information content (AvgIpc) is 2.70. The number of rotatable bonds is 19. The maximum absolute atomic E-state index is 11.6. The van der Waals surface area contributed by atoms with Crippen LogP contribution in [0.3, 0.4) is 0 Å². The van der Waals surface area contributed by atoms with Crippen molar-refractivity contribution in [1.29, 1.82) is 0 Å². The van der Waals surface area contributed by atoms with Gasteiger partial charge in [0.1, 0.15) is 0 Å². The fourth-order valence-electron chi connectivity index (χ4n) is 3.92. The highest BCUT2D eigenvalue weighted by atomic mass is 16.4. The summed E-state index contributed by atoms with van der Waals surface area (Å²) in [6.45, 7) is 5.80. The Morgan fingerprint density at radius 2 is 1.41 bits per heavy atom. The van der Waals surface area contributed by atoms with Gasteiger partial charge in [0.25, 0.3) is 0 Å². The van der Waals surface area contributed by atoms with E-state index in [9.17, 15) is 25.2 Å².